The fourth-order valence-corrected chi connectivity index (χ4v) is 2.83. The first-order valence-electron chi connectivity index (χ1n) is 6.94. The highest BCUT2D eigenvalue weighted by molar-refractivity contribution is 7.09. The van der Waals surface area contributed by atoms with Crippen molar-refractivity contribution in [2.24, 2.45) is 4.99 Å². The maximum Gasteiger partial charge on any atom is 0.363 e. The summed E-state index contributed by atoms with van der Waals surface area (Å²) >= 11 is 1.71. The Bertz CT molecular complexity index is 715. The van der Waals surface area contributed by atoms with Gasteiger partial charge in [0.2, 0.25) is 5.90 Å². The van der Waals surface area contributed by atoms with Gasteiger partial charge in [0.15, 0.2) is 0 Å². The van der Waals surface area contributed by atoms with Crippen molar-refractivity contribution in [3.63, 3.8) is 0 Å². The van der Waals surface area contributed by atoms with Crippen molar-refractivity contribution >= 4 is 23.2 Å². The maximum atomic E-state index is 11.8. The van der Waals surface area contributed by atoms with Crippen LogP contribution in [0.3, 0.4) is 0 Å². The van der Waals surface area contributed by atoms with Crippen LogP contribution in [0.5, 0.6) is 5.75 Å². The number of methoxy groups -OCH3 is 1. The molecule has 0 N–H and O–H groups in total. The number of hydrogen-bond acceptors (Lipinski definition) is 5. The van der Waals surface area contributed by atoms with E-state index in [4.69, 9.17) is 9.47 Å². The van der Waals surface area contributed by atoms with Crippen molar-refractivity contribution in [2.75, 3.05) is 7.11 Å². The van der Waals surface area contributed by atoms with Crippen LogP contribution in [-0.4, -0.2) is 19.0 Å². The maximum absolute atomic E-state index is 11.8. The average Bonchev–Trinajstić information content (AvgIpc) is 3.18. The van der Waals surface area contributed by atoms with Crippen LogP contribution in [0.2, 0.25) is 0 Å². The fraction of sp³-hybridized carbons (Fsp3) is 0.176. The number of hydrogen-bond donors (Lipinski definition) is 0. The van der Waals surface area contributed by atoms with Crippen molar-refractivity contribution in [1.29, 1.82) is 0 Å². The minimum atomic E-state index is -0.392. The molecule has 0 fully saturated rings. The quantitative estimate of drug-likeness (QED) is 0.626. The van der Waals surface area contributed by atoms with Gasteiger partial charge < -0.3 is 9.47 Å². The van der Waals surface area contributed by atoms with Gasteiger partial charge in [0, 0.05) is 10.4 Å². The van der Waals surface area contributed by atoms with Gasteiger partial charge in [-0.05, 0) is 48.6 Å². The number of carbonyl (C=O) groups is 1. The fourth-order valence-electron chi connectivity index (χ4n) is 2.11. The predicted octanol–water partition coefficient (Wildman–Crippen LogP) is 3.58. The molecule has 1 aliphatic heterocycles. The summed E-state index contributed by atoms with van der Waals surface area (Å²) in [6.45, 7) is 0. The van der Waals surface area contributed by atoms with E-state index in [0.717, 1.165) is 24.2 Å². The summed E-state index contributed by atoms with van der Waals surface area (Å²) in [4.78, 5) is 17.4. The molecule has 5 heteroatoms. The zero-order valence-corrected chi connectivity index (χ0v) is 12.9. The molecule has 1 aliphatic rings. The molecule has 2 heterocycles. The van der Waals surface area contributed by atoms with E-state index in [1.807, 2.05) is 41.8 Å². The number of aliphatic imine (C=N–C) groups is 1. The topological polar surface area (TPSA) is 47.9 Å². The van der Waals surface area contributed by atoms with Gasteiger partial charge in [-0.2, -0.15) is 0 Å². The smallest absolute Gasteiger partial charge is 0.363 e. The Morgan fingerprint density at radius 1 is 1.27 bits per heavy atom. The lowest BCUT2D eigenvalue weighted by Crippen LogP contribution is -2.05. The number of rotatable bonds is 5. The third kappa shape index (κ3) is 3.26. The van der Waals surface area contributed by atoms with Crippen molar-refractivity contribution < 1.29 is 14.3 Å². The molecule has 0 bridgehead atoms. The largest absolute Gasteiger partial charge is 0.497 e. The van der Waals surface area contributed by atoms with Gasteiger partial charge in [-0.3, -0.25) is 0 Å². The number of benzene rings is 1. The molecule has 3 rings (SSSR count). The van der Waals surface area contributed by atoms with Gasteiger partial charge in [-0.1, -0.05) is 12.1 Å². The first-order chi connectivity index (χ1) is 10.8. The van der Waals surface area contributed by atoms with Crippen LogP contribution in [0.25, 0.3) is 0 Å². The molecule has 1 aromatic carbocycles. The minimum Gasteiger partial charge on any atom is -0.497 e. The Balaban J connectivity index is 1.70. The second-order valence-electron chi connectivity index (χ2n) is 4.74. The Labute approximate surface area is 132 Å². The molecule has 2 aromatic rings. The summed E-state index contributed by atoms with van der Waals surface area (Å²) in [5, 5.41) is 2.05. The van der Waals surface area contributed by atoms with Crippen molar-refractivity contribution in [3.8, 4) is 5.75 Å². The van der Waals surface area contributed by atoms with Gasteiger partial charge in [-0.25, -0.2) is 9.79 Å². The van der Waals surface area contributed by atoms with E-state index in [9.17, 15) is 4.79 Å². The zero-order chi connectivity index (χ0) is 15.4. The molecule has 1 aromatic heterocycles. The monoisotopic (exact) mass is 313 g/mol. The van der Waals surface area contributed by atoms with Gasteiger partial charge in [0.05, 0.1) is 7.11 Å². The van der Waals surface area contributed by atoms with Gasteiger partial charge in [0.1, 0.15) is 11.4 Å². The summed E-state index contributed by atoms with van der Waals surface area (Å²) in [7, 11) is 1.61. The summed E-state index contributed by atoms with van der Waals surface area (Å²) in [5.41, 5.74) is 1.14. The van der Waals surface area contributed by atoms with Gasteiger partial charge >= 0.3 is 5.97 Å². The molecule has 0 unspecified atom stereocenters. The van der Waals surface area contributed by atoms with Crippen LogP contribution in [-0.2, 0) is 16.0 Å². The molecule has 0 saturated heterocycles. The molecule has 0 spiro atoms. The summed E-state index contributed by atoms with van der Waals surface area (Å²) in [6.07, 6.45) is 3.50. The molecule has 0 amide bonds. The van der Waals surface area contributed by atoms with E-state index in [0.29, 0.717) is 11.6 Å². The molecule has 0 atom stereocenters. The molecule has 0 saturated carbocycles. The molecule has 0 radical (unpaired) electrons. The number of thiophene rings is 1. The Hall–Kier alpha value is -2.40. The summed E-state index contributed by atoms with van der Waals surface area (Å²) in [5.74, 6) is 0.701. The predicted molar refractivity (Wildman–Crippen MR) is 86.3 cm³/mol. The number of ether oxygens (including phenoxy) is 2. The molecule has 0 aliphatic carbocycles. The molecule has 112 valence electrons. The molecule has 4 nitrogen and oxygen atoms in total. The Morgan fingerprint density at radius 2 is 2.09 bits per heavy atom. The van der Waals surface area contributed by atoms with Crippen molar-refractivity contribution in [3.05, 3.63) is 64.0 Å². The number of cyclic esters (lactones) is 1. The highest BCUT2D eigenvalue weighted by atomic mass is 32.1. The van der Waals surface area contributed by atoms with E-state index in [1.54, 1.807) is 18.4 Å². The Morgan fingerprint density at radius 3 is 2.77 bits per heavy atom. The lowest BCUT2D eigenvalue weighted by molar-refractivity contribution is -0.130. The molecular weight excluding hydrogens is 298 g/mol. The van der Waals surface area contributed by atoms with Crippen LogP contribution < -0.4 is 4.74 Å². The highest BCUT2D eigenvalue weighted by Gasteiger charge is 2.23. The summed E-state index contributed by atoms with van der Waals surface area (Å²) in [6, 6.07) is 11.4. The number of nitrogens with zero attached hydrogens (tertiary/aromatic N) is 1. The van der Waals surface area contributed by atoms with Gasteiger partial charge in [0.25, 0.3) is 0 Å². The number of aryl methyl sites for hydroxylation is 1. The van der Waals surface area contributed by atoms with Crippen LogP contribution >= 0.6 is 11.3 Å². The van der Waals surface area contributed by atoms with E-state index in [1.165, 1.54) is 4.88 Å². The van der Waals surface area contributed by atoms with E-state index in [-0.39, 0.29) is 0 Å². The lowest BCUT2D eigenvalue weighted by Gasteiger charge is -2.01. The normalized spacial score (nSPS) is 15.8. The van der Waals surface area contributed by atoms with Crippen LogP contribution in [0.4, 0.5) is 0 Å². The SMILES string of the molecule is COc1ccc(C2=N/C(=C/CCc3cccs3)C(=O)O2)cc1. The first kappa shape index (κ1) is 14.5. The minimum absolute atomic E-state index is 0.343. The van der Waals surface area contributed by atoms with Crippen molar-refractivity contribution in [1.82, 2.24) is 0 Å². The van der Waals surface area contributed by atoms with E-state index < -0.39 is 5.97 Å². The van der Waals surface area contributed by atoms with E-state index in [2.05, 4.69) is 11.1 Å². The zero-order valence-electron chi connectivity index (χ0n) is 12.1. The lowest BCUT2D eigenvalue weighted by atomic mass is 10.2. The third-order valence-electron chi connectivity index (χ3n) is 3.27. The molecular formula is C17H15NO3S. The van der Waals surface area contributed by atoms with E-state index >= 15 is 0 Å². The summed E-state index contributed by atoms with van der Waals surface area (Å²) < 4.78 is 10.3. The average molecular weight is 313 g/mol. The van der Waals surface area contributed by atoms with Crippen LogP contribution in [0.15, 0.2) is 58.5 Å². The number of allylic oxidation sites excluding steroid dienone is 1. The second-order valence-corrected chi connectivity index (χ2v) is 5.77. The standard InChI is InChI=1S/C17H15NO3S/c1-20-13-9-7-12(8-10-13)16-18-15(17(19)21-16)6-2-4-14-5-3-11-22-14/h3,5-11H,2,4H2,1H3/b15-6+. The van der Waals surface area contributed by atoms with Crippen LogP contribution in [0, 0.1) is 0 Å². The van der Waals surface area contributed by atoms with Crippen molar-refractivity contribution in [2.45, 2.75) is 12.8 Å². The number of esters is 1. The number of carbonyl (C=O) groups excluding carboxylic acids is 1. The Kier molecular flexibility index (Phi) is 4.34. The third-order valence-corrected chi connectivity index (χ3v) is 4.20. The highest BCUT2D eigenvalue weighted by Crippen LogP contribution is 2.20. The second kappa shape index (κ2) is 6.58. The molecule has 22 heavy (non-hydrogen) atoms. The van der Waals surface area contributed by atoms with Crippen LogP contribution in [0.1, 0.15) is 16.9 Å². The first-order valence-corrected chi connectivity index (χ1v) is 7.82. The van der Waals surface area contributed by atoms with Gasteiger partial charge in [-0.15, -0.1) is 11.3 Å².